The van der Waals surface area contributed by atoms with Crippen molar-refractivity contribution in [2.24, 2.45) is 5.92 Å². The first-order chi connectivity index (χ1) is 6.91. The van der Waals surface area contributed by atoms with E-state index in [1.54, 1.807) is 0 Å². The van der Waals surface area contributed by atoms with Crippen LogP contribution >= 0.6 is 12.2 Å². The van der Waals surface area contributed by atoms with Crippen molar-refractivity contribution in [1.29, 1.82) is 0 Å². The van der Waals surface area contributed by atoms with Crippen LogP contribution in [0.1, 0.15) is 34.1 Å². The molecule has 88 valence electrons. The molecule has 0 rings (SSSR count). The molecule has 3 N–H and O–H groups in total. The van der Waals surface area contributed by atoms with Gasteiger partial charge in [0.1, 0.15) is 0 Å². The summed E-state index contributed by atoms with van der Waals surface area (Å²) in [5.41, 5.74) is 0. The monoisotopic (exact) mass is 231 g/mol. The van der Waals surface area contributed by atoms with Crippen molar-refractivity contribution in [3.63, 3.8) is 0 Å². The van der Waals surface area contributed by atoms with Crippen LogP contribution in [0.3, 0.4) is 0 Å². The maximum atomic E-state index is 11.3. The second-order valence-corrected chi connectivity index (χ2v) is 4.60. The minimum absolute atomic E-state index is 0.230. The summed E-state index contributed by atoms with van der Waals surface area (Å²) in [4.78, 5) is 11.3. The van der Waals surface area contributed by atoms with Gasteiger partial charge < -0.3 is 10.6 Å². The molecule has 15 heavy (non-hydrogen) atoms. The molecule has 0 atom stereocenters. The summed E-state index contributed by atoms with van der Waals surface area (Å²) in [6.45, 7) is 8.83. The molecule has 0 saturated carbocycles. The van der Waals surface area contributed by atoms with Crippen LogP contribution in [0.4, 0.5) is 4.79 Å². The lowest BCUT2D eigenvalue weighted by Gasteiger charge is -2.13. The van der Waals surface area contributed by atoms with Gasteiger partial charge in [0.25, 0.3) is 0 Å². The van der Waals surface area contributed by atoms with Gasteiger partial charge in [0, 0.05) is 12.6 Å². The molecular weight excluding hydrogens is 210 g/mol. The molecule has 0 aromatic rings. The predicted molar refractivity (Wildman–Crippen MR) is 66.9 cm³/mol. The number of amides is 2. The first kappa shape index (κ1) is 14.2. The maximum Gasteiger partial charge on any atom is 0.320 e. The van der Waals surface area contributed by atoms with Crippen LogP contribution < -0.4 is 16.0 Å². The lowest BCUT2D eigenvalue weighted by atomic mass is 10.1. The normalized spacial score (nSPS) is 10.3. The van der Waals surface area contributed by atoms with E-state index in [1.807, 2.05) is 13.8 Å². The van der Waals surface area contributed by atoms with Crippen LogP contribution in [0, 0.1) is 5.92 Å². The van der Waals surface area contributed by atoms with Crippen molar-refractivity contribution in [1.82, 2.24) is 16.0 Å². The van der Waals surface area contributed by atoms with E-state index in [2.05, 4.69) is 29.8 Å². The number of nitrogens with one attached hydrogen (secondary N) is 3. The molecule has 0 aromatic carbocycles. The van der Waals surface area contributed by atoms with Gasteiger partial charge in [-0.05, 0) is 38.4 Å². The van der Waals surface area contributed by atoms with E-state index in [0.29, 0.717) is 17.6 Å². The zero-order chi connectivity index (χ0) is 11.8. The number of urea groups is 1. The Hall–Kier alpha value is -0.840. The van der Waals surface area contributed by atoms with E-state index in [9.17, 15) is 4.79 Å². The first-order valence-corrected chi connectivity index (χ1v) is 5.68. The van der Waals surface area contributed by atoms with Crippen molar-refractivity contribution < 1.29 is 4.79 Å². The van der Waals surface area contributed by atoms with Gasteiger partial charge in [-0.2, -0.15) is 0 Å². The van der Waals surface area contributed by atoms with Gasteiger partial charge in [0.2, 0.25) is 0 Å². The molecule has 2 amide bonds. The lowest BCUT2D eigenvalue weighted by Crippen LogP contribution is -2.46. The van der Waals surface area contributed by atoms with E-state index in [1.165, 1.54) is 0 Å². The fourth-order valence-electron chi connectivity index (χ4n) is 0.920. The minimum Gasteiger partial charge on any atom is -0.360 e. The zero-order valence-electron chi connectivity index (χ0n) is 9.89. The highest BCUT2D eigenvalue weighted by molar-refractivity contribution is 7.80. The summed E-state index contributed by atoms with van der Waals surface area (Å²) < 4.78 is 0. The minimum atomic E-state index is -0.242. The summed E-state index contributed by atoms with van der Waals surface area (Å²) in [6.07, 6.45) is 0.970. The van der Waals surface area contributed by atoms with E-state index in [-0.39, 0.29) is 12.1 Å². The molecule has 0 unspecified atom stereocenters. The molecule has 0 aromatic heterocycles. The van der Waals surface area contributed by atoms with Gasteiger partial charge >= 0.3 is 6.03 Å². The third kappa shape index (κ3) is 9.46. The van der Waals surface area contributed by atoms with Gasteiger partial charge in [-0.25, -0.2) is 4.79 Å². The third-order valence-corrected chi connectivity index (χ3v) is 1.87. The smallest absolute Gasteiger partial charge is 0.320 e. The van der Waals surface area contributed by atoms with Crippen LogP contribution in [0.5, 0.6) is 0 Å². The predicted octanol–water partition coefficient (Wildman–Crippen LogP) is 1.61. The molecule has 0 aliphatic rings. The summed E-state index contributed by atoms with van der Waals surface area (Å²) in [5.74, 6) is 0.589. The lowest BCUT2D eigenvalue weighted by molar-refractivity contribution is 0.244. The average Bonchev–Trinajstić information content (AvgIpc) is 2.00. The number of carbonyl (C=O) groups excluding carboxylic acids is 1. The van der Waals surface area contributed by atoms with Crippen LogP contribution in [-0.2, 0) is 0 Å². The van der Waals surface area contributed by atoms with Crippen molar-refractivity contribution in [2.45, 2.75) is 40.2 Å². The summed E-state index contributed by atoms with van der Waals surface area (Å²) in [7, 11) is 0. The Balaban J connectivity index is 3.60. The maximum absolute atomic E-state index is 11.3. The zero-order valence-corrected chi connectivity index (χ0v) is 10.7. The van der Waals surface area contributed by atoms with Crippen molar-refractivity contribution in [3.8, 4) is 0 Å². The molecule has 0 radical (unpaired) electrons. The first-order valence-electron chi connectivity index (χ1n) is 5.27. The number of hydrogen-bond acceptors (Lipinski definition) is 2. The Labute approximate surface area is 97.2 Å². The number of thiocarbonyl (C=S) groups is 1. The summed E-state index contributed by atoms with van der Waals surface area (Å²) in [5, 5.41) is 8.60. The van der Waals surface area contributed by atoms with E-state index >= 15 is 0 Å². The van der Waals surface area contributed by atoms with E-state index in [4.69, 9.17) is 12.2 Å². The van der Waals surface area contributed by atoms with E-state index in [0.717, 1.165) is 6.42 Å². The molecule has 0 saturated heterocycles. The number of carbonyl (C=O) groups is 1. The molecule has 0 bridgehead atoms. The second-order valence-electron chi connectivity index (χ2n) is 4.19. The largest absolute Gasteiger partial charge is 0.360 e. The quantitative estimate of drug-likeness (QED) is 0.644. The van der Waals surface area contributed by atoms with Gasteiger partial charge in [0.15, 0.2) is 5.11 Å². The van der Waals surface area contributed by atoms with Crippen LogP contribution in [0.25, 0.3) is 0 Å². The van der Waals surface area contributed by atoms with Gasteiger partial charge in [-0.1, -0.05) is 13.8 Å². The third-order valence-electron chi connectivity index (χ3n) is 1.65. The van der Waals surface area contributed by atoms with Gasteiger partial charge in [0.05, 0.1) is 0 Å². The SMILES string of the molecule is CC(C)CCNC(=O)NC(=S)NC(C)C. The van der Waals surface area contributed by atoms with Gasteiger partial charge in [-0.15, -0.1) is 0 Å². The van der Waals surface area contributed by atoms with Crippen LogP contribution in [-0.4, -0.2) is 23.7 Å². The average molecular weight is 231 g/mol. The highest BCUT2D eigenvalue weighted by Gasteiger charge is 2.04. The highest BCUT2D eigenvalue weighted by atomic mass is 32.1. The Kier molecular flexibility index (Phi) is 7.03. The highest BCUT2D eigenvalue weighted by Crippen LogP contribution is 1.95. The number of rotatable bonds is 4. The Morgan fingerprint density at radius 1 is 1.27 bits per heavy atom. The Morgan fingerprint density at radius 3 is 2.33 bits per heavy atom. The van der Waals surface area contributed by atoms with E-state index < -0.39 is 0 Å². The van der Waals surface area contributed by atoms with Crippen LogP contribution in [0.15, 0.2) is 0 Å². The molecule has 0 spiro atoms. The number of hydrogen-bond donors (Lipinski definition) is 3. The molecule has 0 aliphatic carbocycles. The Bertz CT molecular complexity index is 217. The van der Waals surface area contributed by atoms with Gasteiger partial charge in [-0.3, -0.25) is 5.32 Å². The summed E-state index contributed by atoms with van der Waals surface area (Å²) in [6, 6.07) is -0.0118. The molecule has 4 nitrogen and oxygen atoms in total. The molecule has 0 aliphatic heterocycles. The fourth-order valence-corrected chi connectivity index (χ4v) is 1.25. The second kappa shape index (κ2) is 7.45. The van der Waals surface area contributed by atoms with Crippen molar-refractivity contribution >= 4 is 23.4 Å². The molecular formula is C10H21N3OS. The van der Waals surface area contributed by atoms with Crippen LogP contribution in [0.2, 0.25) is 0 Å². The molecule has 0 fully saturated rings. The Morgan fingerprint density at radius 2 is 1.87 bits per heavy atom. The van der Waals surface area contributed by atoms with Crippen molar-refractivity contribution in [2.75, 3.05) is 6.54 Å². The fraction of sp³-hybridized carbons (Fsp3) is 0.800. The topological polar surface area (TPSA) is 53.2 Å². The molecule has 0 heterocycles. The molecule has 5 heteroatoms. The summed E-state index contributed by atoms with van der Waals surface area (Å²) >= 11 is 4.93. The van der Waals surface area contributed by atoms with Crippen molar-refractivity contribution in [3.05, 3.63) is 0 Å². The standard InChI is InChI=1S/C10H21N3OS/c1-7(2)5-6-11-9(14)13-10(15)12-8(3)4/h7-8H,5-6H2,1-4H3,(H3,11,12,13,14,15).